The van der Waals surface area contributed by atoms with Gasteiger partial charge in [0.2, 0.25) is 0 Å². The molecule has 0 bridgehead atoms. The zero-order valence-electron chi connectivity index (χ0n) is 9.96. The Hall–Kier alpha value is -0.810. The smallest absolute Gasteiger partial charge is 0.187 e. The van der Waals surface area contributed by atoms with E-state index in [1.165, 1.54) is 0 Å². The van der Waals surface area contributed by atoms with Crippen LogP contribution in [0.25, 0.3) is 0 Å². The van der Waals surface area contributed by atoms with Crippen LogP contribution in [-0.4, -0.2) is 23.2 Å². The standard InChI is InChI=1S/C12H17F2NOS/c1-8(17-2)3-4-15-7-9-5-10(13)12(16)11(14)6-9/h5-6,8,15-16H,3-4,7H2,1-2H3. The summed E-state index contributed by atoms with van der Waals surface area (Å²) in [6.45, 7) is 3.33. The summed E-state index contributed by atoms with van der Waals surface area (Å²) in [6, 6.07) is 2.28. The predicted octanol–water partition coefficient (Wildman–Crippen LogP) is 2.90. The molecule has 1 aromatic carbocycles. The van der Waals surface area contributed by atoms with Crippen LogP contribution < -0.4 is 5.32 Å². The zero-order valence-corrected chi connectivity index (χ0v) is 10.8. The molecule has 0 fully saturated rings. The summed E-state index contributed by atoms with van der Waals surface area (Å²) in [4.78, 5) is 0. The van der Waals surface area contributed by atoms with E-state index in [4.69, 9.17) is 5.11 Å². The number of phenolic OH excluding ortho intramolecular Hbond substituents is 1. The van der Waals surface area contributed by atoms with Crippen LogP contribution in [-0.2, 0) is 6.54 Å². The summed E-state index contributed by atoms with van der Waals surface area (Å²) in [6.07, 6.45) is 3.06. The van der Waals surface area contributed by atoms with E-state index in [2.05, 4.69) is 18.5 Å². The Labute approximate surface area is 104 Å². The van der Waals surface area contributed by atoms with Crippen LogP contribution in [0.4, 0.5) is 8.78 Å². The van der Waals surface area contributed by atoms with Crippen LogP contribution in [0.1, 0.15) is 18.9 Å². The SMILES string of the molecule is CSC(C)CCNCc1cc(F)c(O)c(F)c1. The van der Waals surface area contributed by atoms with Crippen molar-refractivity contribution < 1.29 is 13.9 Å². The van der Waals surface area contributed by atoms with Crippen molar-refractivity contribution in [3.8, 4) is 5.75 Å². The van der Waals surface area contributed by atoms with Crippen LogP contribution in [0, 0.1) is 11.6 Å². The Kier molecular flexibility index (Phi) is 5.71. The van der Waals surface area contributed by atoms with Crippen molar-refractivity contribution in [3.05, 3.63) is 29.3 Å². The number of rotatable bonds is 6. The van der Waals surface area contributed by atoms with E-state index < -0.39 is 17.4 Å². The number of hydrogen-bond acceptors (Lipinski definition) is 3. The van der Waals surface area contributed by atoms with E-state index in [0.29, 0.717) is 17.4 Å². The van der Waals surface area contributed by atoms with Gasteiger partial charge < -0.3 is 10.4 Å². The van der Waals surface area contributed by atoms with Crippen molar-refractivity contribution in [2.75, 3.05) is 12.8 Å². The molecule has 0 aromatic heterocycles. The fourth-order valence-corrected chi connectivity index (χ4v) is 1.73. The lowest BCUT2D eigenvalue weighted by Gasteiger charge is -2.09. The first kappa shape index (κ1) is 14.3. The fourth-order valence-electron chi connectivity index (χ4n) is 1.38. The summed E-state index contributed by atoms with van der Waals surface area (Å²) in [5.74, 6) is -2.75. The molecule has 2 nitrogen and oxygen atoms in total. The molecular weight excluding hydrogens is 244 g/mol. The molecule has 0 heterocycles. The van der Waals surface area contributed by atoms with Crippen molar-refractivity contribution >= 4 is 11.8 Å². The number of benzene rings is 1. The van der Waals surface area contributed by atoms with Gasteiger partial charge in [0.25, 0.3) is 0 Å². The lowest BCUT2D eigenvalue weighted by Crippen LogP contribution is -2.17. The van der Waals surface area contributed by atoms with Crippen molar-refractivity contribution in [3.63, 3.8) is 0 Å². The number of aromatic hydroxyl groups is 1. The van der Waals surface area contributed by atoms with E-state index >= 15 is 0 Å². The first-order valence-electron chi connectivity index (χ1n) is 5.45. The van der Waals surface area contributed by atoms with Gasteiger partial charge >= 0.3 is 0 Å². The highest BCUT2D eigenvalue weighted by Gasteiger charge is 2.09. The number of nitrogens with one attached hydrogen (secondary N) is 1. The average Bonchev–Trinajstić information content (AvgIpc) is 2.31. The molecule has 0 aliphatic carbocycles. The van der Waals surface area contributed by atoms with E-state index in [9.17, 15) is 8.78 Å². The first-order chi connectivity index (χ1) is 8.04. The molecule has 0 aliphatic rings. The molecule has 1 rings (SSSR count). The van der Waals surface area contributed by atoms with E-state index in [0.717, 1.165) is 25.1 Å². The highest BCUT2D eigenvalue weighted by atomic mass is 32.2. The van der Waals surface area contributed by atoms with Gasteiger partial charge in [-0.1, -0.05) is 6.92 Å². The second-order valence-electron chi connectivity index (χ2n) is 3.92. The van der Waals surface area contributed by atoms with Crippen LogP contribution in [0.15, 0.2) is 12.1 Å². The maximum atomic E-state index is 13.0. The quantitative estimate of drug-likeness (QED) is 0.772. The number of halogens is 2. The average molecular weight is 261 g/mol. The Morgan fingerprint density at radius 3 is 2.47 bits per heavy atom. The van der Waals surface area contributed by atoms with E-state index in [1.54, 1.807) is 11.8 Å². The monoisotopic (exact) mass is 261 g/mol. The van der Waals surface area contributed by atoms with Gasteiger partial charge in [-0.05, 0) is 36.9 Å². The fraction of sp³-hybridized carbons (Fsp3) is 0.500. The summed E-state index contributed by atoms with van der Waals surface area (Å²) in [5.41, 5.74) is 0.495. The zero-order chi connectivity index (χ0) is 12.8. The van der Waals surface area contributed by atoms with Gasteiger partial charge in [-0.3, -0.25) is 0 Å². The van der Waals surface area contributed by atoms with Crippen molar-refractivity contribution in [1.29, 1.82) is 0 Å². The Morgan fingerprint density at radius 1 is 1.35 bits per heavy atom. The summed E-state index contributed by atoms with van der Waals surface area (Å²) in [7, 11) is 0. The minimum Gasteiger partial charge on any atom is -0.503 e. The highest BCUT2D eigenvalue weighted by Crippen LogP contribution is 2.21. The normalized spacial score (nSPS) is 12.7. The molecule has 96 valence electrons. The minimum absolute atomic E-state index is 0.398. The second-order valence-corrected chi connectivity index (χ2v) is 5.20. The first-order valence-corrected chi connectivity index (χ1v) is 6.73. The van der Waals surface area contributed by atoms with Gasteiger partial charge in [0.15, 0.2) is 17.4 Å². The Bertz CT molecular complexity index is 351. The summed E-state index contributed by atoms with van der Waals surface area (Å²) < 4.78 is 26.0. The van der Waals surface area contributed by atoms with Gasteiger partial charge in [-0.2, -0.15) is 11.8 Å². The number of phenols is 1. The van der Waals surface area contributed by atoms with E-state index in [-0.39, 0.29) is 0 Å². The second kappa shape index (κ2) is 6.81. The molecule has 17 heavy (non-hydrogen) atoms. The third-order valence-electron chi connectivity index (χ3n) is 2.54. The van der Waals surface area contributed by atoms with Gasteiger partial charge in [0, 0.05) is 11.8 Å². The van der Waals surface area contributed by atoms with Crippen molar-refractivity contribution in [2.45, 2.75) is 25.1 Å². The molecule has 0 spiro atoms. The van der Waals surface area contributed by atoms with Crippen molar-refractivity contribution in [1.82, 2.24) is 5.32 Å². The lowest BCUT2D eigenvalue weighted by molar-refractivity contribution is 0.395. The molecule has 2 N–H and O–H groups in total. The molecule has 0 saturated heterocycles. The predicted molar refractivity (Wildman–Crippen MR) is 67.3 cm³/mol. The molecule has 0 radical (unpaired) electrons. The van der Waals surface area contributed by atoms with Crippen LogP contribution >= 0.6 is 11.8 Å². The molecular formula is C12H17F2NOS. The number of thioether (sulfide) groups is 1. The lowest BCUT2D eigenvalue weighted by atomic mass is 10.2. The van der Waals surface area contributed by atoms with Gasteiger partial charge in [0.05, 0.1) is 0 Å². The van der Waals surface area contributed by atoms with Crippen LogP contribution in [0.3, 0.4) is 0 Å². The van der Waals surface area contributed by atoms with Gasteiger partial charge in [-0.15, -0.1) is 0 Å². The largest absolute Gasteiger partial charge is 0.503 e. The Morgan fingerprint density at radius 2 is 1.94 bits per heavy atom. The number of hydrogen-bond donors (Lipinski definition) is 2. The van der Waals surface area contributed by atoms with Gasteiger partial charge in [-0.25, -0.2) is 8.78 Å². The molecule has 5 heteroatoms. The summed E-state index contributed by atoms with van der Waals surface area (Å²) in [5, 5.41) is 12.6. The van der Waals surface area contributed by atoms with Crippen LogP contribution in [0.5, 0.6) is 5.75 Å². The molecule has 1 atom stereocenters. The van der Waals surface area contributed by atoms with Gasteiger partial charge in [0.1, 0.15) is 0 Å². The van der Waals surface area contributed by atoms with Crippen LogP contribution in [0.2, 0.25) is 0 Å². The maximum absolute atomic E-state index is 13.0. The third-order valence-corrected chi connectivity index (χ3v) is 3.58. The molecule has 0 saturated carbocycles. The molecule has 0 amide bonds. The minimum atomic E-state index is -0.917. The molecule has 1 aromatic rings. The topological polar surface area (TPSA) is 32.3 Å². The molecule has 1 unspecified atom stereocenters. The highest BCUT2D eigenvalue weighted by molar-refractivity contribution is 7.99. The van der Waals surface area contributed by atoms with E-state index in [1.807, 2.05) is 0 Å². The summed E-state index contributed by atoms with van der Waals surface area (Å²) >= 11 is 1.78. The molecule has 0 aliphatic heterocycles. The van der Waals surface area contributed by atoms with Crippen molar-refractivity contribution in [2.24, 2.45) is 0 Å². The maximum Gasteiger partial charge on any atom is 0.187 e. The third kappa shape index (κ3) is 4.52. The Balaban J connectivity index is 2.42.